The van der Waals surface area contributed by atoms with E-state index in [9.17, 15) is 0 Å². The summed E-state index contributed by atoms with van der Waals surface area (Å²) in [7, 11) is 0. The Morgan fingerprint density at radius 2 is 1.62 bits per heavy atom. The highest BCUT2D eigenvalue weighted by atomic mass is 15.1. The molecule has 4 nitrogen and oxygen atoms in total. The highest BCUT2D eigenvalue weighted by Crippen LogP contribution is 2.50. The Bertz CT molecular complexity index is 1220. The molecule has 0 amide bonds. The van der Waals surface area contributed by atoms with Crippen LogP contribution in [0.15, 0.2) is 83.2 Å². The van der Waals surface area contributed by atoms with Crippen LogP contribution in [0, 0.1) is 23.7 Å². The second kappa shape index (κ2) is 13.3. The number of aromatic nitrogens is 2. The summed E-state index contributed by atoms with van der Waals surface area (Å²) in [6, 6.07) is 8.47. The molecule has 6 rings (SSSR count). The van der Waals surface area contributed by atoms with Gasteiger partial charge in [0.15, 0.2) is 0 Å². The molecule has 1 saturated carbocycles. The SMILES string of the molecule is CC.CC.CC.CC1C=C(C2=NCc3cnc(NC4=CC5C(C)C5C=C4)nc3-c3ccccc32)C=CC1.[HH]. The predicted octanol–water partition coefficient (Wildman–Crippen LogP) is 9.04. The summed E-state index contributed by atoms with van der Waals surface area (Å²) in [5.74, 6) is 3.29. The van der Waals surface area contributed by atoms with Gasteiger partial charge in [-0.2, -0.15) is 0 Å². The van der Waals surface area contributed by atoms with Crippen LogP contribution in [-0.4, -0.2) is 15.7 Å². The van der Waals surface area contributed by atoms with Gasteiger partial charge in [0.25, 0.3) is 0 Å². The Morgan fingerprint density at radius 3 is 2.32 bits per heavy atom. The first-order chi connectivity index (χ1) is 18.2. The second-order valence-electron chi connectivity index (χ2n) is 9.14. The quantitative estimate of drug-likeness (QED) is 0.459. The molecule has 0 spiro atoms. The van der Waals surface area contributed by atoms with Crippen molar-refractivity contribution in [1.82, 2.24) is 9.97 Å². The van der Waals surface area contributed by atoms with E-state index in [-0.39, 0.29) is 1.43 Å². The van der Waals surface area contributed by atoms with Crippen molar-refractivity contribution >= 4 is 11.7 Å². The first-order valence-electron chi connectivity index (χ1n) is 14.2. The van der Waals surface area contributed by atoms with Gasteiger partial charge in [-0.15, -0.1) is 0 Å². The van der Waals surface area contributed by atoms with Gasteiger partial charge in [-0.3, -0.25) is 4.99 Å². The van der Waals surface area contributed by atoms with E-state index in [1.165, 1.54) is 5.57 Å². The number of nitrogens with zero attached hydrogens (tertiary/aromatic N) is 3. The maximum atomic E-state index is 5.01. The molecule has 4 atom stereocenters. The largest absolute Gasteiger partial charge is 0.324 e. The molecule has 1 aromatic carbocycles. The summed E-state index contributed by atoms with van der Waals surface area (Å²) < 4.78 is 0. The maximum absolute atomic E-state index is 5.01. The maximum Gasteiger partial charge on any atom is 0.227 e. The fourth-order valence-electron chi connectivity index (χ4n) is 4.99. The Labute approximate surface area is 225 Å². The van der Waals surface area contributed by atoms with Crippen LogP contribution >= 0.6 is 0 Å². The lowest BCUT2D eigenvalue weighted by Crippen LogP contribution is -2.09. The lowest BCUT2D eigenvalue weighted by molar-refractivity contribution is 0.733. The minimum Gasteiger partial charge on any atom is -0.324 e. The zero-order valence-corrected chi connectivity index (χ0v) is 23.9. The topological polar surface area (TPSA) is 50.2 Å². The van der Waals surface area contributed by atoms with Crippen LogP contribution in [0.4, 0.5) is 5.95 Å². The molecule has 198 valence electrons. The van der Waals surface area contributed by atoms with E-state index < -0.39 is 0 Å². The van der Waals surface area contributed by atoms with Gasteiger partial charge in [0.2, 0.25) is 5.95 Å². The molecule has 0 radical (unpaired) electrons. The summed E-state index contributed by atoms with van der Waals surface area (Å²) in [5.41, 5.74) is 7.64. The first kappa shape index (κ1) is 28.3. The van der Waals surface area contributed by atoms with Gasteiger partial charge in [0.05, 0.1) is 18.0 Å². The molecule has 37 heavy (non-hydrogen) atoms. The van der Waals surface area contributed by atoms with Gasteiger partial charge in [-0.05, 0) is 41.7 Å². The second-order valence-corrected chi connectivity index (χ2v) is 9.14. The van der Waals surface area contributed by atoms with Crippen molar-refractivity contribution in [3.63, 3.8) is 0 Å². The van der Waals surface area contributed by atoms with E-state index in [1.54, 1.807) is 0 Å². The molecule has 1 N–H and O–H groups in total. The summed E-state index contributed by atoms with van der Waals surface area (Å²) in [4.78, 5) is 14.6. The van der Waals surface area contributed by atoms with Crippen molar-refractivity contribution in [3.8, 4) is 11.3 Å². The summed E-state index contributed by atoms with van der Waals surface area (Å²) in [6.07, 6.45) is 16.6. The van der Waals surface area contributed by atoms with Crippen LogP contribution in [0.5, 0.6) is 0 Å². The lowest BCUT2D eigenvalue weighted by Gasteiger charge is -2.16. The molecular formula is C33H46N4. The van der Waals surface area contributed by atoms with Gasteiger partial charge in [0.1, 0.15) is 0 Å². The summed E-state index contributed by atoms with van der Waals surface area (Å²) in [6.45, 7) is 17.1. The van der Waals surface area contributed by atoms with Gasteiger partial charge in [-0.1, -0.05) is 110 Å². The summed E-state index contributed by atoms with van der Waals surface area (Å²) >= 11 is 0. The van der Waals surface area contributed by atoms with Crippen molar-refractivity contribution in [2.45, 2.75) is 68.4 Å². The molecule has 1 aromatic heterocycles. The highest BCUT2D eigenvalue weighted by Gasteiger charge is 2.44. The van der Waals surface area contributed by atoms with Gasteiger partial charge >= 0.3 is 0 Å². The Hall–Kier alpha value is -3.27. The van der Waals surface area contributed by atoms with Crippen LogP contribution < -0.4 is 5.32 Å². The molecule has 1 fully saturated rings. The normalized spacial score (nSPS) is 23.7. The van der Waals surface area contributed by atoms with E-state index in [2.05, 4.69) is 84.9 Å². The number of aliphatic imine (C=N–C) groups is 1. The smallest absolute Gasteiger partial charge is 0.227 e. The number of hydrogen-bond acceptors (Lipinski definition) is 4. The average molecular weight is 499 g/mol. The van der Waals surface area contributed by atoms with Gasteiger partial charge < -0.3 is 5.32 Å². The van der Waals surface area contributed by atoms with Crippen LogP contribution in [0.3, 0.4) is 0 Å². The highest BCUT2D eigenvalue weighted by molar-refractivity contribution is 6.18. The third kappa shape index (κ3) is 6.18. The molecule has 4 aliphatic rings. The fourth-order valence-corrected chi connectivity index (χ4v) is 4.99. The third-order valence-electron chi connectivity index (χ3n) is 6.90. The summed E-state index contributed by atoms with van der Waals surface area (Å²) in [5, 5.41) is 3.43. The molecule has 0 saturated heterocycles. The zero-order valence-electron chi connectivity index (χ0n) is 23.9. The molecule has 4 heteroatoms. The molecule has 2 aromatic rings. The standard InChI is InChI=1S/C27H26N4.3C2H6.H2/c1-16-6-5-7-18(12-16)25-22-8-3-4-9-23(22)26-19(14-28-25)15-29-27(31-26)30-20-10-11-21-17(2)24(21)13-20;3*1-2;/h3-5,7-13,15-17,21,24H,6,14H2,1-2H3,(H,29,30,31);3*1-2H3;1H. The van der Waals surface area contributed by atoms with Crippen LogP contribution in [-0.2, 0) is 6.54 Å². The lowest BCUT2D eigenvalue weighted by atomic mass is 9.90. The van der Waals surface area contributed by atoms with E-state index in [1.807, 2.05) is 47.7 Å². The van der Waals surface area contributed by atoms with Crippen molar-refractivity contribution in [2.75, 3.05) is 5.32 Å². The Kier molecular flexibility index (Phi) is 10.2. The fraction of sp³-hybridized carbons (Fsp3) is 0.424. The number of anilines is 1. The van der Waals surface area contributed by atoms with E-state index >= 15 is 0 Å². The van der Waals surface area contributed by atoms with Crippen LogP contribution in [0.25, 0.3) is 11.3 Å². The van der Waals surface area contributed by atoms with Crippen molar-refractivity contribution in [3.05, 3.63) is 89.3 Å². The molecule has 0 bridgehead atoms. The monoisotopic (exact) mass is 498 g/mol. The van der Waals surface area contributed by atoms with E-state index in [0.717, 1.165) is 46.1 Å². The number of rotatable bonds is 3. The molecule has 3 aliphatic carbocycles. The first-order valence-corrected chi connectivity index (χ1v) is 14.2. The van der Waals surface area contributed by atoms with E-state index in [4.69, 9.17) is 9.98 Å². The average Bonchev–Trinajstić information content (AvgIpc) is 3.65. The number of fused-ring (bicyclic) bond motifs is 4. The van der Waals surface area contributed by atoms with Gasteiger partial charge in [0, 0.05) is 30.0 Å². The Morgan fingerprint density at radius 1 is 0.892 bits per heavy atom. The van der Waals surface area contributed by atoms with Gasteiger partial charge in [-0.25, -0.2) is 9.97 Å². The minimum atomic E-state index is 0. The number of hydrogen-bond donors (Lipinski definition) is 1. The van der Waals surface area contributed by atoms with Crippen molar-refractivity contribution in [2.24, 2.45) is 28.7 Å². The van der Waals surface area contributed by atoms with Crippen LogP contribution in [0.1, 0.15) is 74.4 Å². The van der Waals surface area contributed by atoms with Crippen LogP contribution in [0.2, 0.25) is 0 Å². The Balaban J connectivity index is 0.000000679. The molecule has 4 unspecified atom stereocenters. The molecule has 2 heterocycles. The number of nitrogens with one attached hydrogen (secondary N) is 1. The van der Waals surface area contributed by atoms with Crippen molar-refractivity contribution < 1.29 is 1.43 Å². The third-order valence-corrected chi connectivity index (χ3v) is 6.90. The molecular weight excluding hydrogens is 452 g/mol. The number of allylic oxidation sites excluding steroid dienone is 7. The molecule has 1 aliphatic heterocycles. The number of benzene rings is 1. The minimum absolute atomic E-state index is 0. The van der Waals surface area contributed by atoms with E-state index in [0.29, 0.717) is 30.2 Å². The van der Waals surface area contributed by atoms with Crippen molar-refractivity contribution in [1.29, 1.82) is 0 Å². The predicted molar refractivity (Wildman–Crippen MR) is 162 cm³/mol. The zero-order chi connectivity index (χ0) is 26.9.